The first-order valence-electron chi connectivity index (χ1n) is 8.92. The second kappa shape index (κ2) is 8.40. The summed E-state index contributed by atoms with van der Waals surface area (Å²) >= 11 is 1.47. The molecule has 0 unspecified atom stereocenters. The van der Waals surface area contributed by atoms with Gasteiger partial charge in [-0.2, -0.15) is 0 Å². The Kier molecular flexibility index (Phi) is 6.73. The van der Waals surface area contributed by atoms with Gasteiger partial charge in [0.1, 0.15) is 0 Å². The molecule has 8 heteroatoms. The van der Waals surface area contributed by atoms with Crippen molar-refractivity contribution in [2.75, 3.05) is 31.2 Å². The smallest absolute Gasteiger partial charge is 0.233 e. The van der Waals surface area contributed by atoms with Gasteiger partial charge in [0.25, 0.3) is 0 Å². The van der Waals surface area contributed by atoms with E-state index in [0.29, 0.717) is 19.1 Å². The molecule has 1 aliphatic heterocycles. The van der Waals surface area contributed by atoms with Crippen molar-refractivity contribution in [2.45, 2.75) is 64.0 Å². The van der Waals surface area contributed by atoms with Gasteiger partial charge in [-0.15, -0.1) is 10.2 Å². The molecule has 1 amide bonds. The molecule has 0 bridgehead atoms. The first-order chi connectivity index (χ1) is 11.7. The Hall–Kier alpha value is -1.28. The summed E-state index contributed by atoms with van der Waals surface area (Å²) in [6.45, 7) is 16.1. The summed E-state index contributed by atoms with van der Waals surface area (Å²) in [5.41, 5.74) is -0.240. The van der Waals surface area contributed by atoms with Crippen LogP contribution >= 0.6 is 11.8 Å². The van der Waals surface area contributed by atoms with Crippen LogP contribution in [-0.2, 0) is 16.1 Å². The Labute approximate surface area is 154 Å². The number of aromatic nitrogens is 3. The van der Waals surface area contributed by atoms with E-state index in [-0.39, 0.29) is 16.7 Å². The molecular weight excluding hydrogens is 338 g/mol. The molecule has 0 radical (unpaired) electrons. The monoisotopic (exact) mass is 369 g/mol. The SMILES string of the molecule is CC(C)Cn1c(S[C@@H](C)C(=O)NC(C)(C)C)nnc1N1CCOCC1. The molecule has 1 saturated heterocycles. The number of nitrogens with zero attached hydrogens (tertiary/aromatic N) is 4. The van der Waals surface area contributed by atoms with Crippen molar-refractivity contribution in [3.8, 4) is 0 Å². The summed E-state index contributed by atoms with van der Waals surface area (Å²) in [6.07, 6.45) is 0. The zero-order chi connectivity index (χ0) is 18.6. The lowest BCUT2D eigenvalue weighted by molar-refractivity contribution is -0.121. The largest absolute Gasteiger partial charge is 0.378 e. The zero-order valence-corrected chi connectivity index (χ0v) is 17.0. The normalized spacial score (nSPS) is 17.0. The molecule has 0 spiro atoms. The van der Waals surface area contributed by atoms with E-state index in [2.05, 4.69) is 38.8 Å². The number of carbonyl (C=O) groups excluding carboxylic acids is 1. The standard InChI is InChI=1S/C17H31N5O2S/c1-12(2)11-22-15(21-7-9-24-10-8-21)19-20-16(22)25-13(3)14(23)18-17(4,5)6/h12-13H,7-11H2,1-6H3,(H,18,23)/t13-/m0/s1. The molecule has 1 atom stereocenters. The van der Waals surface area contributed by atoms with Gasteiger partial charge in [-0.25, -0.2) is 0 Å². The van der Waals surface area contributed by atoms with Gasteiger partial charge in [0, 0.05) is 25.2 Å². The van der Waals surface area contributed by atoms with Crippen molar-refractivity contribution in [2.24, 2.45) is 5.92 Å². The van der Waals surface area contributed by atoms with Crippen LogP contribution in [0.3, 0.4) is 0 Å². The maximum absolute atomic E-state index is 12.4. The fourth-order valence-electron chi connectivity index (χ4n) is 2.57. The molecular formula is C17H31N5O2S. The van der Waals surface area contributed by atoms with Crippen LogP contribution in [0.15, 0.2) is 5.16 Å². The molecule has 1 fully saturated rings. The molecule has 0 saturated carbocycles. The Morgan fingerprint density at radius 1 is 1.24 bits per heavy atom. The van der Waals surface area contributed by atoms with Gasteiger partial charge < -0.3 is 15.0 Å². The van der Waals surface area contributed by atoms with E-state index < -0.39 is 0 Å². The molecule has 7 nitrogen and oxygen atoms in total. The predicted molar refractivity (Wildman–Crippen MR) is 101 cm³/mol. The highest BCUT2D eigenvalue weighted by atomic mass is 32.2. The number of nitrogens with one attached hydrogen (secondary N) is 1. The number of amides is 1. The van der Waals surface area contributed by atoms with Crippen LogP contribution in [0.1, 0.15) is 41.5 Å². The van der Waals surface area contributed by atoms with Crippen LogP contribution in [0.5, 0.6) is 0 Å². The summed E-state index contributed by atoms with van der Waals surface area (Å²) in [4.78, 5) is 14.6. The van der Waals surface area contributed by atoms with Crippen LogP contribution in [0.25, 0.3) is 0 Å². The summed E-state index contributed by atoms with van der Waals surface area (Å²) in [5, 5.41) is 12.4. The highest BCUT2D eigenvalue weighted by molar-refractivity contribution is 8.00. The molecule has 1 aromatic heterocycles. The number of carbonyl (C=O) groups is 1. The lowest BCUT2D eigenvalue weighted by Gasteiger charge is -2.28. The van der Waals surface area contributed by atoms with Gasteiger partial charge in [-0.1, -0.05) is 25.6 Å². The summed E-state index contributed by atoms with van der Waals surface area (Å²) < 4.78 is 7.57. The topological polar surface area (TPSA) is 72.3 Å². The van der Waals surface area contributed by atoms with E-state index in [4.69, 9.17) is 4.74 Å². The van der Waals surface area contributed by atoms with Crippen LogP contribution in [0.2, 0.25) is 0 Å². The minimum absolute atomic E-state index is 0.0181. The molecule has 1 aliphatic rings. The molecule has 1 aromatic rings. The molecule has 0 aliphatic carbocycles. The number of hydrogen-bond donors (Lipinski definition) is 1. The van der Waals surface area contributed by atoms with E-state index in [1.807, 2.05) is 27.7 Å². The molecule has 1 N–H and O–H groups in total. The third kappa shape index (κ3) is 5.88. The number of rotatable bonds is 6. The number of morpholine rings is 1. The van der Waals surface area contributed by atoms with Crippen molar-refractivity contribution in [3.63, 3.8) is 0 Å². The van der Waals surface area contributed by atoms with E-state index in [0.717, 1.165) is 30.7 Å². The average molecular weight is 370 g/mol. The lowest BCUT2D eigenvalue weighted by atomic mass is 10.1. The molecule has 2 heterocycles. The number of anilines is 1. The van der Waals surface area contributed by atoms with Crippen LogP contribution in [-0.4, -0.2) is 57.8 Å². The average Bonchev–Trinajstić information content (AvgIpc) is 2.88. The zero-order valence-electron chi connectivity index (χ0n) is 16.2. The summed E-state index contributed by atoms with van der Waals surface area (Å²) in [6, 6.07) is 0. The van der Waals surface area contributed by atoms with E-state index in [1.165, 1.54) is 11.8 Å². The first kappa shape index (κ1) is 20.0. The molecule has 2 rings (SSSR count). The van der Waals surface area contributed by atoms with Gasteiger partial charge in [0.05, 0.1) is 18.5 Å². The molecule has 142 valence electrons. The second-order valence-corrected chi connectivity index (χ2v) is 9.19. The Morgan fingerprint density at radius 3 is 2.44 bits per heavy atom. The fourth-order valence-corrected chi connectivity index (χ4v) is 3.43. The van der Waals surface area contributed by atoms with Crippen molar-refractivity contribution in [1.29, 1.82) is 0 Å². The molecule has 25 heavy (non-hydrogen) atoms. The minimum atomic E-state index is -0.240. The fraction of sp³-hybridized carbons (Fsp3) is 0.824. The number of hydrogen-bond acceptors (Lipinski definition) is 6. The number of thioether (sulfide) groups is 1. The van der Waals surface area contributed by atoms with Gasteiger partial charge in [0.2, 0.25) is 11.9 Å². The van der Waals surface area contributed by atoms with Gasteiger partial charge in [0.15, 0.2) is 5.16 Å². The maximum Gasteiger partial charge on any atom is 0.233 e. The van der Waals surface area contributed by atoms with Crippen molar-refractivity contribution >= 4 is 23.6 Å². The predicted octanol–water partition coefficient (Wildman–Crippen LogP) is 2.17. The van der Waals surface area contributed by atoms with Gasteiger partial charge in [-0.3, -0.25) is 9.36 Å². The van der Waals surface area contributed by atoms with E-state index in [1.54, 1.807) is 0 Å². The van der Waals surface area contributed by atoms with Crippen LogP contribution in [0, 0.1) is 5.92 Å². The summed E-state index contributed by atoms with van der Waals surface area (Å²) in [5.74, 6) is 1.36. The van der Waals surface area contributed by atoms with Crippen LogP contribution in [0.4, 0.5) is 5.95 Å². The first-order valence-corrected chi connectivity index (χ1v) is 9.80. The van der Waals surface area contributed by atoms with E-state index in [9.17, 15) is 4.79 Å². The Morgan fingerprint density at radius 2 is 1.88 bits per heavy atom. The maximum atomic E-state index is 12.4. The number of ether oxygens (including phenoxy) is 1. The van der Waals surface area contributed by atoms with Crippen molar-refractivity contribution in [1.82, 2.24) is 20.1 Å². The van der Waals surface area contributed by atoms with Crippen molar-refractivity contribution in [3.05, 3.63) is 0 Å². The van der Waals surface area contributed by atoms with Crippen molar-refractivity contribution < 1.29 is 9.53 Å². The van der Waals surface area contributed by atoms with Gasteiger partial charge in [-0.05, 0) is 33.6 Å². The third-order valence-corrected chi connectivity index (χ3v) is 4.77. The second-order valence-electron chi connectivity index (χ2n) is 7.89. The molecule has 0 aromatic carbocycles. The van der Waals surface area contributed by atoms with Crippen LogP contribution < -0.4 is 10.2 Å². The highest BCUT2D eigenvalue weighted by Gasteiger charge is 2.25. The quantitative estimate of drug-likeness (QED) is 0.775. The third-order valence-electron chi connectivity index (χ3n) is 3.69. The van der Waals surface area contributed by atoms with E-state index >= 15 is 0 Å². The Bertz CT molecular complexity index is 576. The minimum Gasteiger partial charge on any atom is -0.378 e. The Balaban J connectivity index is 2.16. The highest BCUT2D eigenvalue weighted by Crippen LogP contribution is 2.27. The lowest BCUT2D eigenvalue weighted by Crippen LogP contribution is -2.44. The summed E-state index contributed by atoms with van der Waals surface area (Å²) in [7, 11) is 0. The van der Waals surface area contributed by atoms with Gasteiger partial charge >= 0.3 is 0 Å².